The van der Waals surface area contributed by atoms with E-state index < -0.39 is 0 Å². The first kappa shape index (κ1) is 16.7. The van der Waals surface area contributed by atoms with Crippen LogP contribution in [0.4, 0.5) is 5.13 Å². The molecule has 0 amide bonds. The van der Waals surface area contributed by atoms with Crippen molar-refractivity contribution in [1.29, 1.82) is 0 Å². The molecule has 1 N–H and O–H groups in total. The van der Waals surface area contributed by atoms with Crippen LogP contribution in [0.25, 0.3) is 0 Å². The molecule has 0 bridgehead atoms. The van der Waals surface area contributed by atoms with Crippen LogP contribution in [0, 0.1) is 0 Å². The van der Waals surface area contributed by atoms with Gasteiger partial charge in [0.25, 0.3) is 0 Å². The van der Waals surface area contributed by atoms with Gasteiger partial charge < -0.3 is 15.1 Å². The summed E-state index contributed by atoms with van der Waals surface area (Å²) in [6, 6.07) is 0.671. The highest BCUT2D eigenvalue weighted by atomic mass is 32.1. The minimum Gasteiger partial charge on any atom is -0.350 e. The lowest BCUT2D eigenvalue weighted by molar-refractivity contribution is 0.314. The number of nitrogens with one attached hydrogen (secondary N) is 1. The molecule has 0 aliphatic carbocycles. The van der Waals surface area contributed by atoms with Crippen molar-refractivity contribution in [3.05, 3.63) is 10.6 Å². The van der Waals surface area contributed by atoms with E-state index in [0.29, 0.717) is 6.04 Å². The van der Waals surface area contributed by atoms with Crippen molar-refractivity contribution in [3.63, 3.8) is 0 Å². The second kappa shape index (κ2) is 6.63. The van der Waals surface area contributed by atoms with Crippen molar-refractivity contribution >= 4 is 16.5 Å². The molecular weight excluding hydrogens is 280 g/mol. The number of aromatic nitrogens is 1. The lowest BCUT2D eigenvalue weighted by Crippen LogP contribution is -2.36. The summed E-state index contributed by atoms with van der Waals surface area (Å²) in [6.07, 6.45) is 2.63. The first-order chi connectivity index (χ1) is 9.82. The number of hydrogen-bond acceptors (Lipinski definition) is 5. The summed E-state index contributed by atoms with van der Waals surface area (Å²) >= 11 is 1.84. The van der Waals surface area contributed by atoms with Crippen molar-refractivity contribution < 1.29 is 0 Å². The molecular formula is C16H30N4S. The number of rotatable bonds is 5. The minimum absolute atomic E-state index is 0.103. The second-order valence-corrected chi connectivity index (χ2v) is 8.27. The van der Waals surface area contributed by atoms with Gasteiger partial charge in [0.2, 0.25) is 0 Å². The molecule has 2 rings (SSSR count). The lowest BCUT2D eigenvalue weighted by atomic mass is 9.91. The Labute approximate surface area is 133 Å². The molecule has 21 heavy (non-hydrogen) atoms. The van der Waals surface area contributed by atoms with Crippen molar-refractivity contribution in [2.24, 2.45) is 0 Å². The average Bonchev–Trinajstić information content (AvgIpc) is 2.97. The molecule has 1 fully saturated rings. The van der Waals surface area contributed by atoms with Gasteiger partial charge in [-0.2, -0.15) is 0 Å². The third kappa shape index (κ3) is 3.96. The fourth-order valence-electron chi connectivity index (χ4n) is 2.97. The van der Waals surface area contributed by atoms with Crippen LogP contribution in [0.1, 0.15) is 44.2 Å². The third-order valence-electron chi connectivity index (χ3n) is 4.22. The highest BCUT2D eigenvalue weighted by Gasteiger charge is 2.26. The summed E-state index contributed by atoms with van der Waals surface area (Å²) in [5.41, 5.74) is 1.34. The standard InChI is InChI=1S/C16H30N4S/c1-16(2,3)14-13(10-17-4)21-15(18-14)20(6)11-12-8-7-9-19(12)5/h12,17H,7-11H2,1-6H3. The SMILES string of the molecule is CNCc1sc(N(C)CC2CCCN2C)nc1C(C)(C)C. The molecule has 1 atom stereocenters. The molecule has 2 heterocycles. The maximum Gasteiger partial charge on any atom is 0.185 e. The Morgan fingerprint density at radius 2 is 2.14 bits per heavy atom. The van der Waals surface area contributed by atoms with Crippen LogP contribution in [0.15, 0.2) is 0 Å². The molecule has 1 aromatic rings. The summed E-state index contributed by atoms with van der Waals surface area (Å²) < 4.78 is 0. The number of likely N-dealkylation sites (tertiary alicyclic amines) is 1. The Morgan fingerprint density at radius 3 is 2.67 bits per heavy atom. The smallest absolute Gasteiger partial charge is 0.185 e. The van der Waals surface area contributed by atoms with E-state index in [0.717, 1.165) is 18.2 Å². The summed E-state index contributed by atoms with van der Waals surface area (Å²) in [5, 5.41) is 4.43. The zero-order valence-corrected chi connectivity index (χ0v) is 15.2. The quantitative estimate of drug-likeness (QED) is 0.906. The maximum absolute atomic E-state index is 4.95. The van der Waals surface area contributed by atoms with Gasteiger partial charge in [-0.15, -0.1) is 11.3 Å². The van der Waals surface area contributed by atoms with Crippen LogP contribution in [-0.2, 0) is 12.0 Å². The van der Waals surface area contributed by atoms with Crippen LogP contribution in [-0.4, -0.2) is 50.2 Å². The number of hydrogen-bond donors (Lipinski definition) is 1. The third-order valence-corrected chi connectivity index (χ3v) is 5.39. The van der Waals surface area contributed by atoms with Gasteiger partial charge >= 0.3 is 0 Å². The average molecular weight is 311 g/mol. The number of nitrogens with zero attached hydrogens (tertiary/aromatic N) is 3. The molecule has 1 aromatic heterocycles. The van der Waals surface area contributed by atoms with E-state index in [1.807, 2.05) is 18.4 Å². The highest BCUT2D eigenvalue weighted by Crippen LogP contribution is 2.33. The molecule has 4 nitrogen and oxygen atoms in total. The van der Waals surface area contributed by atoms with E-state index >= 15 is 0 Å². The Morgan fingerprint density at radius 1 is 1.43 bits per heavy atom. The minimum atomic E-state index is 0.103. The zero-order chi connectivity index (χ0) is 15.6. The summed E-state index contributed by atoms with van der Waals surface area (Å²) in [5.74, 6) is 0. The zero-order valence-electron chi connectivity index (χ0n) is 14.4. The Bertz CT molecular complexity index is 463. The number of anilines is 1. The molecule has 1 saturated heterocycles. The number of likely N-dealkylation sites (N-methyl/N-ethyl adjacent to an activating group) is 2. The van der Waals surface area contributed by atoms with Crippen molar-refractivity contribution in [2.45, 2.75) is 51.6 Å². The Hall–Kier alpha value is -0.650. The van der Waals surface area contributed by atoms with Gasteiger partial charge in [0.1, 0.15) is 0 Å². The summed E-state index contributed by atoms with van der Waals surface area (Å²) in [7, 11) is 6.42. The molecule has 0 radical (unpaired) electrons. The van der Waals surface area contributed by atoms with E-state index in [9.17, 15) is 0 Å². The van der Waals surface area contributed by atoms with Gasteiger partial charge in [-0.3, -0.25) is 0 Å². The van der Waals surface area contributed by atoms with Crippen molar-refractivity contribution in [3.8, 4) is 0 Å². The van der Waals surface area contributed by atoms with Gasteiger partial charge in [0.15, 0.2) is 5.13 Å². The van der Waals surface area contributed by atoms with Gasteiger partial charge in [0, 0.05) is 36.5 Å². The fraction of sp³-hybridized carbons (Fsp3) is 0.812. The summed E-state index contributed by atoms with van der Waals surface area (Å²) in [6.45, 7) is 9.95. The predicted molar refractivity (Wildman–Crippen MR) is 92.5 cm³/mol. The van der Waals surface area contributed by atoms with Crippen LogP contribution in [0.5, 0.6) is 0 Å². The highest BCUT2D eigenvalue weighted by molar-refractivity contribution is 7.15. The van der Waals surface area contributed by atoms with Gasteiger partial charge in [-0.05, 0) is 33.5 Å². The van der Waals surface area contributed by atoms with E-state index in [-0.39, 0.29) is 5.41 Å². The molecule has 1 aliphatic rings. The fourth-order valence-corrected chi connectivity index (χ4v) is 4.23. The Balaban J connectivity index is 2.15. The molecule has 0 spiro atoms. The van der Waals surface area contributed by atoms with Crippen LogP contribution >= 0.6 is 11.3 Å². The normalized spacial score (nSPS) is 20.2. The monoisotopic (exact) mass is 310 g/mol. The van der Waals surface area contributed by atoms with E-state index in [1.165, 1.54) is 30.0 Å². The molecule has 0 saturated carbocycles. The Kier molecular flexibility index (Phi) is 5.28. The maximum atomic E-state index is 4.95. The molecule has 5 heteroatoms. The first-order valence-electron chi connectivity index (χ1n) is 7.89. The van der Waals surface area contributed by atoms with Gasteiger partial charge in [-0.25, -0.2) is 4.98 Å². The molecule has 1 aliphatic heterocycles. The van der Waals surface area contributed by atoms with E-state index in [2.05, 4.69) is 50.0 Å². The van der Waals surface area contributed by atoms with Crippen LogP contribution in [0.3, 0.4) is 0 Å². The van der Waals surface area contributed by atoms with Crippen molar-refractivity contribution in [2.75, 3.05) is 39.1 Å². The largest absolute Gasteiger partial charge is 0.350 e. The van der Waals surface area contributed by atoms with Gasteiger partial charge in [0.05, 0.1) is 5.69 Å². The van der Waals surface area contributed by atoms with Crippen molar-refractivity contribution in [1.82, 2.24) is 15.2 Å². The lowest BCUT2D eigenvalue weighted by Gasteiger charge is -2.25. The number of thiazole rings is 1. The van der Waals surface area contributed by atoms with Crippen LogP contribution < -0.4 is 10.2 Å². The first-order valence-corrected chi connectivity index (χ1v) is 8.70. The topological polar surface area (TPSA) is 31.4 Å². The summed E-state index contributed by atoms with van der Waals surface area (Å²) in [4.78, 5) is 11.1. The van der Waals surface area contributed by atoms with E-state index in [4.69, 9.17) is 4.98 Å². The van der Waals surface area contributed by atoms with E-state index in [1.54, 1.807) is 0 Å². The molecule has 1 unspecified atom stereocenters. The molecule has 120 valence electrons. The van der Waals surface area contributed by atoms with Gasteiger partial charge in [-0.1, -0.05) is 20.8 Å². The second-order valence-electron chi connectivity index (χ2n) is 7.21. The molecule has 0 aromatic carbocycles. The predicted octanol–water partition coefficient (Wildman–Crippen LogP) is 2.69. The van der Waals surface area contributed by atoms with Crippen LogP contribution in [0.2, 0.25) is 0 Å².